The maximum Gasteiger partial charge on any atom is -0.147 e. The molecule has 2 aliphatic rings. The van der Waals surface area contributed by atoms with Crippen molar-refractivity contribution < 1.29 is 20.4 Å². The Balaban J connectivity index is 0.00000144. The first kappa shape index (κ1) is 26.1. The van der Waals surface area contributed by atoms with Crippen molar-refractivity contribution in [1.82, 2.24) is 0 Å². The zero-order valence-electron chi connectivity index (χ0n) is 19.6. The SMILES string of the molecule is CC1=[C]([Zr]([CH]2c3ccccc3-c3ccccc32)=[Si](c2ccccc2)c2ccccc2)CC=C1.Cl.Cl. The van der Waals surface area contributed by atoms with Crippen LogP contribution < -0.4 is 10.4 Å². The molecule has 0 saturated heterocycles. The minimum atomic E-state index is -2.34. The number of benzene rings is 4. The van der Waals surface area contributed by atoms with Crippen molar-refractivity contribution in [2.45, 2.75) is 17.0 Å². The molecule has 4 aromatic rings. The molecule has 0 atom stereocenters. The minimum absolute atomic E-state index is 0. The van der Waals surface area contributed by atoms with Crippen LogP contribution in [0.1, 0.15) is 28.1 Å². The van der Waals surface area contributed by atoms with Gasteiger partial charge < -0.3 is 0 Å². The Hall–Kier alpha value is -1.96. The summed E-state index contributed by atoms with van der Waals surface area (Å²) in [6.45, 7) is 2.36. The standard InChI is InChI=1S/C13H9.C12H10Si.C6H7.2ClH.Zr/c1-3-7-12-10(5-1)9-11-6-2-4-8-13(11)12;1-3-7-11(8-4-1)13-12-9-5-2-6-10-12;1-6-4-2-3-5-6;;;/h1-9H;1-10H;2,4H,3H2,1H3;2*1H;. The van der Waals surface area contributed by atoms with Crippen LogP contribution in [0.15, 0.2) is 130 Å². The molecule has 0 heterocycles. The molecule has 0 nitrogen and oxygen atoms in total. The fourth-order valence-corrected chi connectivity index (χ4v) is 28.9. The smallest absolute Gasteiger partial charge is 0.147 e. The van der Waals surface area contributed by atoms with Crippen molar-refractivity contribution in [3.05, 3.63) is 141 Å². The Kier molecular flexibility index (Phi) is 8.50. The van der Waals surface area contributed by atoms with Crippen molar-refractivity contribution in [3.63, 3.8) is 0 Å². The minimum Gasteiger partial charge on any atom is -0.147 e. The van der Waals surface area contributed by atoms with E-state index in [4.69, 9.17) is 0 Å². The van der Waals surface area contributed by atoms with Gasteiger partial charge in [-0.1, -0.05) is 0 Å². The second-order valence-corrected chi connectivity index (χ2v) is 22.6. The molecule has 174 valence electrons. The van der Waals surface area contributed by atoms with Gasteiger partial charge in [0.05, 0.1) is 0 Å². The molecule has 0 bridgehead atoms. The first-order valence-corrected chi connectivity index (χ1v) is 19.6. The Morgan fingerprint density at radius 2 is 1.09 bits per heavy atom. The molecule has 35 heavy (non-hydrogen) atoms. The van der Waals surface area contributed by atoms with Crippen molar-refractivity contribution in [2.75, 3.05) is 0 Å². The average molecular weight is 591 g/mol. The quantitative estimate of drug-likeness (QED) is 0.220. The summed E-state index contributed by atoms with van der Waals surface area (Å²) >= 11 is -2.34. The van der Waals surface area contributed by atoms with E-state index in [1.165, 1.54) is 11.1 Å². The van der Waals surface area contributed by atoms with Crippen LogP contribution in [0.3, 0.4) is 0 Å². The second-order valence-electron chi connectivity index (χ2n) is 8.90. The van der Waals surface area contributed by atoms with E-state index < -0.39 is 25.8 Å². The zero-order valence-corrected chi connectivity index (χ0v) is 24.7. The molecule has 0 unspecified atom stereocenters. The molecule has 0 radical (unpaired) electrons. The van der Waals surface area contributed by atoms with Crippen LogP contribution in [0.2, 0.25) is 0 Å². The number of allylic oxidation sites excluding steroid dienone is 4. The number of fused-ring (bicyclic) bond motifs is 3. The van der Waals surface area contributed by atoms with Crippen LogP contribution >= 0.6 is 24.8 Å². The van der Waals surface area contributed by atoms with E-state index in [1.54, 1.807) is 27.1 Å². The van der Waals surface area contributed by atoms with Gasteiger partial charge >= 0.3 is 206 Å². The maximum atomic E-state index is 2.42. The summed E-state index contributed by atoms with van der Waals surface area (Å²) in [4.78, 5) is 0. The Morgan fingerprint density at radius 1 is 0.629 bits per heavy atom. The number of rotatable bonds is 4. The van der Waals surface area contributed by atoms with Crippen molar-refractivity contribution in [3.8, 4) is 11.1 Å². The molecule has 0 aromatic heterocycles. The Bertz CT molecular complexity index is 1350. The van der Waals surface area contributed by atoms with Crippen LogP contribution in [0.4, 0.5) is 0 Å². The Labute approximate surface area is 228 Å². The van der Waals surface area contributed by atoms with E-state index in [0.717, 1.165) is 6.42 Å². The topological polar surface area (TPSA) is 0 Å². The molecule has 2 aliphatic carbocycles. The predicted octanol–water partition coefficient (Wildman–Crippen LogP) is 7.26. The van der Waals surface area contributed by atoms with Crippen LogP contribution in [0, 0.1) is 0 Å². The molecule has 4 aromatic carbocycles. The summed E-state index contributed by atoms with van der Waals surface area (Å²) in [5.41, 5.74) is 6.70. The summed E-state index contributed by atoms with van der Waals surface area (Å²) in [5.74, 6) is 0. The van der Waals surface area contributed by atoms with Gasteiger partial charge in [-0.05, 0) is 0 Å². The van der Waals surface area contributed by atoms with Gasteiger partial charge in [0.2, 0.25) is 0 Å². The second kappa shape index (κ2) is 11.4. The van der Waals surface area contributed by atoms with Gasteiger partial charge in [0.1, 0.15) is 0 Å². The van der Waals surface area contributed by atoms with E-state index >= 15 is 0 Å². The Morgan fingerprint density at radius 3 is 1.54 bits per heavy atom. The average Bonchev–Trinajstić information content (AvgIpc) is 3.45. The zero-order chi connectivity index (χ0) is 22.2. The van der Waals surface area contributed by atoms with Gasteiger partial charge in [0.15, 0.2) is 0 Å². The van der Waals surface area contributed by atoms with E-state index in [9.17, 15) is 0 Å². The summed E-state index contributed by atoms with van der Waals surface area (Å²) < 4.78 is 2.38. The van der Waals surface area contributed by atoms with Gasteiger partial charge in [-0.3, -0.25) is 0 Å². The molecule has 6 rings (SSSR count). The maximum absolute atomic E-state index is 2.42. The predicted molar refractivity (Wildman–Crippen MR) is 153 cm³/mol. The summed E-state index contributed by atoms with van der Waals surface area (Å²) in [6.07, 6.45) is 5.95. The summed E-state index contributed by atoms with van der Waals surface area (Å²) in [6, 6.07) is 41.4. The third-order valence-electron chi connectivity index (χ3n) is 7.01. The monoisotopic (exact) mass is 588 g/mol. The fourth-order valence-electron chi connectivity index (χ4n) is 5.56. The van der Waals surface area contributed by atoms with Gasteiger partial charge in [0, 0.05) is 0 Å². The van der Waals surface area contributed by atoms with Crippen LogP contribution in [0.25, 0.3) is 11.1 Å². The van der Waals surface area contributed by atoms with Crippen LogP contribution in [-0.4, -0.2) is 5.43 Å². The van der Waals surface area contributed by atoms with Gasteiger partial charge in [0.25, 0.3) is 0 Å². The molecular formula is C31H28Cl2SiZr. The van der Waals surface area contributed by atoms with Crippen molar-refractivity contribution in [2.24, 2.45) is 0 Å². The molecule has 0 saturated carbocycles. The van der Waals surface area contributed by atoms with Crippen molar-refractivity contribution >= 4 is 40.6 Å². The molecule has 0 amide bonds. The molecule has 0 N–H and O–H groups in total. The first-order valence-electron chi connectivity index (χ1n) is 11.7. The third kappa shape index (κ3) is 4.75. The molecule has 0 aliphatic heterocycles. The largest absolute Gasteiger partial charge is 0.147 e. The molecule has 0 fully saturated rings. The van der Waals surface area contributed by atoms with E-state index in [0.29, 0.717) is 3.63 Å². The fraction of sp³-hybridized carbons (Fsp3) is 0.0968. The van der Waals surface area contributed by atoms with Gasteiger partial charge in [-0.25, -0.2) is 0 Å². The summed E-state index contributed by atoms with van der Waals surface area (Å²) in [7, 11) is 0. The van der Waals surface area contributed by atoms with Gasteiger partial charge in [-0.15, -0.1) is 24.8 Å². The van der Waals surface area contributed by atoms with Crippen LogP contribution in [-0.2, 0) is 20.4 Å². The van der Waals surface area contributed by atoms with E-state index in [1.807, 2.05) is 3.28 Å². The number of hydrogen-bond acceptors (Lipinski definition) is 0. The molecular weight excluding hydrogens is 563 g/mol. The van der Waals surface area contributed by atoms with E-state index in [-0.39, 0.29) is 24.8 Å². The molecule has 0 spiro atoms. The number of hydrogen-bond donors (Lipinski definition) is 0. The normalized spacial score (nSPS) is 13.5. The third-order valence-corrected chi connectivity index (χ3v) is 27.1. The summed E-state index contributed by atoms with van der Waals surface area (Å²) in [5, 5.41) is 3.16. The molecule has 4 heteroatoms. The van der Waals surface area contributed by atoms with Crippen molar-refractivity contribution in [1.29, 1.82) is 0 Å². The van der Waals surface area contributed by atoms with Crippen LogP contribution in [0.5, 0.6) is 0 Å². The number of halogens is 2. The first-order chi connectivity index (χ1) is 16.3. The van der Waals surface area contributed by atoms with E-state index in [2.05, 4.69) is 128 Å². The van der Waals surface area contributed by atoms with Gasteiger partial charge in [-0.2, -0.15) is 0 Å².